The molecule has 6 heteroatoms. The number of ether oxygens (including phenoxy) is 1. The highest BCUT2D eigenvalue weighted by Gasteiger charge is 2.10. The number of hydrogen-bond acceptors (Lipinski definition) is 5. The summed E-state index contributed by atoms with van der Waals surface area (Å²) in [5, 5.41) is 5.59. The molecule has 3 rings (SSSR count). The Morgan fingerprint density at radius 3 is 2.67 bits per heavy atom. The van der Waals surface area contributed by atoms with Gasteiger partial charge >= 0.3 is 0 Å². The molecule has 1 amide bonds. The molecule has 0 spiro atoms. The molecule has 27 heavy (non-hydrogen) atoms. The van der Waals surface area contributed by atoms with Crippen LogP contribution in [0.2, 0.25) is 0 Å². The first-order valence-corrected chi connectivity index (χ1v) is 9.61. The van der Waals surface area contributed by atoms with E-state index < -0.39 is 0 Å². The van der Waals surface area contributed by atoms with Gasteiger partial charge in [-0.05, 0) is 37.4 Å². The number of carbonyl (C=O) groups excluding carboxylic acids is 1. The summed E-state index contributed by atoms with van der Waals surface area (Å²) in [6.07, 6.45) is 1.73. The van der Waals surface area contributed by atoms with Gasteiger partial charge in [0.15, 0.2) is 6.61 Å². The summed E-state index contributed by atoms with van der Waals surface area (Å²) in [5.74, 6) is 0.570. The first kappa shape index (κ1) is 19.1. The van der Waals surface area contributed by atoms with E-state index in [1.807, 2.05) is 49.8 Å². The second-order valence-corrected chi connectivity index (χ2v) is 7.40. The lowest BCUT2D eigenvalue weighted by Crippen LogP contribution is -2.28. The van der Waals surface area contributed by atoms with Crippen LogP contribution in [0.5, 0.6) is 5.75 Å². The summed E-state index contributed by atoms with van der Waals surface area (Å²) in [6.45, 7) is 1.14. The van der Waals surface area contributed by atoms with Crippen LogP contribution in [0.1, 0.15) is 10.6 Å². The van der Waals surface area contributed by atoms with Crippen molar-refractivity contribution >= 4 is 17.2 Å². The molecule has 0 saturated carbocycles. The van der Waals surface area contributed by atoms with Crippen molar-refractivity contribution in [2.75, 3.05) is 20.7 Å². The van der Waals surface area contributed by atoms with E-state index in [2.05, 4.69) is 33.4 Å². The summed E-state index contributed by atoms with van der Waals surface area (Å²) in [6, 6.07) is 16.3. The van der Waals surface area contributed by atoms with Crippen molar-refractivity contribution in [1.29, 1.82) is 0 Å². The molecule has 1 heterocycles. The molecule has 140 valence electrons. The Morgan fingerprint density at radius 2 is 1.96 bits per heavy atom. The number of nitrogens with zero attached hydrogens (tertiary/aromatic N) is 2. The number of carbonyl (C=O) groups is 1. The number of thiazole rings is 1. The minimum Gasteiger partial charge on any atom is -0.483 e. The van der Waals surface area contributed by atoms with Gasteiger partial charge in [0.25, 0.3) is 5.91 Å². The third kappa shape index (κ3) is 5.64. The van der Waals surface area contributed by atoms with Crippen molar-refractivity contribution in [3.8, 4) is 16.9 Å². The molecule has 2 aromatic carbocycles. The van der Waals surface area contributed by atoms with E-state index in [1.54, 1.807) is 6.20 Å². The molecule has 5 nitrogen and oxygen atoms in total. The van der Waals surface area contributed by atoms with Crippen LogP contribution in [0.15, 0.2) is 60.1 Å². The lowest BCUT2D eigenvalue weighted by Gasteiger charge is -2.16. The molecule has 0 aliphatic carbocycles. The molecule has 0 bridgehead atoms. The van der Waals surface area contributed by atoms with Crippen LogP contribution >= 0.6 is 11.3 Å². The minimum absolute atomic E-state index is 0.0174. The SMILES string of the molecule is CN(C)Cc1cc(-c2ccccc2)ccc1OCC(=O)NCc1nccs1. The Bertz CT molecular complexity index is 864. The zero-order chi connectivity index (χ0) is 19.1. The molecule has 0 aliphatic heterocycles. The number of nitrogens with one attached hydrogen (secondary N) is 1. The number of aromatic nitrogens is 1. The van der Waals surface area contributed by atoms with E-state index in [-0.39, 0.29) is 12.5 Å². The predicted octanol–water partition coefficient (Wildman–Crippen LogP) is 3.57. The summed E-state index contributed by atoms with van der Waals surface area (Å²) in [7, 11) is 4.03. The molecular weight excluding hydrogens is 358 g/mol. The molecule has 3 aromatic rings. The van der Waals surface area contributed by atoms with Crippen LogP contribution in [0.25, 0.3) is 11.1 Å². The monoisotopic (exact) mass is 381 g/mol. The first-order chi connectivity index (χ1) is 13.1. The van der Waals surface area contributed by atoms with Gasteiger partial charge in [0, 0.05) is 23.7 Å². The number of amides is 1. The van der Waals surface area contributed by atoms with E-state index >= 15 is 0 Å². The highest BCUT2D eigenvalue weighted by molar-refractivity contribution is 7.09. The van der Waals surface area contributed by atoms with Crippen LogP contribution in [0, 0.1) is 0 Å². The van der Waals surface area contributed by atoms with Gasteiger partial charge in [0.05, 0.1) is 6.54 Å². The summed E-state index contributed by atoms with van der Waals surface area (Å²) >= 11 is 1.52. The Hall–Kier alpha value is -2.70. The largest absolute Gasteiger partial charge is 0.483 e. The van der Waals surface area contributed by atoms with Crippen molar-refractivity contribution in [3.05, 3.63) is 70.7 Å². The van der Waals surface area contributed by atoms with E-state index in [4.69, 9.17) is 4.74 Å². The molecule has 0 saturated heterocycles. The molecule has 1 aromatic heterocycles. The zero-order valence-electron chi connectivity index (χ0n) is 15.5. The molecule has 0 unspecified atom stereocenters. The number of hydrogen-bond donors (Lipinski definition) is 1. The molecule has 0 atom stereocenters. The Balaban J connectivity index is 1.67. The van der Waals surface area contributed by atoms with Crippen molar-refractivity contribution in [2.45, 2.75) is 13.1 Å². The van der Waals surface area contributed by atoms with Crippen molar-refractivity contribution in [1.82, 2.24) is 15.2 Å². The van der Waals surface area contributed by atoms with E-state index in [9.17, 15) is 4.79 Å². The van der Waals surface area contributed by atoms with E-state index in [1.165, 1.54) is 11.3 Å². The fourth-order valence-electron chi connectivity index (χ4n) is 2.70. The number of rotatable bonds is 8. The zero-order valence-corrected chi connectivity index (χ0v) is 16.3. The van der Waals surface area contributed by atoms with Gasteiger partial charge in [0.2, 0.25) is 0 Å². The number of benzene rings is 2. The van der Waals surface area contributed by atoms with Gasteiger partial charge in [-0.25, -0.2) is 4.98 Å². The fraction of sp³-hybridized carbons (Fsp3) is 0.238. The van der Waals surface area contributed by atoms with E-state index in [0.29, 0.717) is 6.54 Å². The Labute approximate surface area is 163 Å². The third-order valence-corrected chi connectivity index (χ3v) is 4.71. The fourth-order valence-corrected chi connectivity index (χ4v) is 3.26. The van der Waals surface area contributed by atoms with Gasteiger partial charge in [-0.1, -0.05) is 36.4 Å². The van der Waals surface area contributed by atoms with E-state index in [0.717, 1.165) is 34.0 Å². The van der Waals surface area contributed by atoms with Gasteiger partial charge < -0.3 is 15.0 Å². The molecule has 1 N–H and O–H groups in total. The Morgan fingerprint density at radius 1 is 1.15 bits per heavy atom. The van der Waals surface area contributed by atoms with Crippen LogP contribution < -0.4 is 10.1 Å². The van der Waals surface area contributed by atoms with Crippen molar-refractivity contribution in [2.24, 2.45) is 0 Å². The van der Waals surface area contributed by atoms with Crippen molar-refractivity contribution in [3.63, 3.8) is 0 Å². The third-order valence-electron chi connectivity index (χ3n) is 3.93. The topological polar surface area (TPSA) is 54.5 Å². The van der Waals surface area contributed by atoms with Gasteiger partial charge in [-0.3, -0.25) is 4.79 Å². The minimum atomic E-state index is -0.159. The second-order valence-electron chi connectivity index (χ2n) is 6.42. The second kappa shape index (κ2) is 9.30. The summed E-state index contributed by atoms with van der Waals surface area (Å²) in [5.41, 5.74) is 3.34. The van der Waals surface area contributed by atoms with Gasteiger partial charge in [-0.15, -0.1) is 11.3 Å². The van der Waals surface area contributed by atoms with Crippen LogP contribution in [0.3, 0.4) is 0 Å². The quantitative estimate of drug-likeness (QED) is 0.648. The van der Waals surface area contributed by atoms with Crippen LogP contribution in [0.4, 0.5) is 0 Å². The average molecular weight is 382 g/mol. The highest BCUT2D eigenvalue weighted by atomic mass is 32.1. The molecule has 0 radical (unpaired) electrons. The highest BCUT2D eigenvalue weighted by Crippen LogP contribution is 2.27. The maximum absolute atomic E-state index is 12.1. The Kier molecular flexibility index (Phi) is 6.57. The molecular formula is C21H23N3O2S. The maximum Gasteiger partial charge on any atom is 0.258 e. The van der Waals surface area contributed by atoms with Crippen LogP contribution in [-0.4, -0.2) is 36.5 Å². The van der Waals surface area contributed by atoms with Crippen molar-refractivity contribution < 1.29 is 9.53 Å². The molecule has 0 fully saturated rings. The first-order valence-electron chi connectivity index (χ1n) is 8.73. The standard InChI is InChI=1S/C21H23N3O2S/c1-24(2)14-18-12-17(16-6-4-3-5-7-16)8-9-19(18)26-15-20(25)23-13-21-22-10-11-27-21/h3-12H,13-15H2,1-2H3,(H,23,25). The smallest absolute Gasteiger partial charge is 0.258 e. The maximum atomic E-state index is 12.1. The van der Waals surface area contributed by atoms with Gasteiger partial charge in [0.1, 0.15) is 10.8 Å². The summed E-state index contributed by atoms with van der Waals surface area (Å²) < 4.78 is 5.80. The lowest BCUT2D eigenvalue weighted by atomic mass is 10.0. The summed E-state index contributed by atoms with van der Waals surface area (Å²) in [4.78, 5) is 18.3. The normalized spacial score (nSPS) is 10.8. The predicted molar refractivity (Wildman–Crippen MR) is 109 cm³/mol. The lowest BCUT2D eigenvalue weighted by molar-refractivity contribution is -0.123. The average Bonchev–Trinajstić information content (AvgIpc) is 3.19. The molecule has 0 aliphatic rings. The van der Waals surface area contributed by atoms with Gasteiger partial charge in [-0.2, -0.15) is 0 Å². The van der Waals surface area contributed by atoms with Crippen LogP contribution in [-0.2, 0) is 17.9 Å².